The standard InChI is InChI=1S/C17H30N2O2.CH2O2/c1-6-15(17(21)18-7-2)13-14(3)11-9-8-10-12-16(20)19(4)5;2-1-3/h6,9,11,13,17-18,21H,7-8,10,12H2,1-5H3;1H,(H,2,3)/b11-9-,14-13+,15-6+;. The second-order valence-corrected chi connectivity index (χ2v) is 5.33. The molecule has 1 amide bonds. The van der Waals surface area contributed by atoms with Gasteiger partial charge in [-0.3, -0.25) is 14.9 Å². The molecule has 0 saturated heterocycles. The van der Waals surface area contributed by atoms with Gasteiger partial charge in [-0.15, -0.1) is 0 Å². The topological polar surface area (TPSA) is 89.9 Å². The Labute approximate surface area is 145 Å². The van der Waals surface area contributed by atoms with Crippen LogP contribution < -0.4 is 5.32 Å². The zero-order valence-electron chi connectivity index (χ0n) is 15.5. The zero-order chi connectivity index (χ0) is 19.0. The molecule has 0 aliphatic heterocycles. The molecule has 138 valence electrons. The lowest BCUT2D eigenvalue weighted by atomic mass is 10.1. The maximum absolute atomic E-state index is 11.4. The van der Waals surface area contributed by atoms with E-state index < -0.39 is 6.23 Å². The summed E-state index contributed by atoms with van der Waals surface area (Å²) in [7, 11) is 3.55. The molecule has 24 heavy (non-hydrogen) atoms. The lowest BCUT2D eigenvalue weighted by Gasteiger charge is -2.12. The van der Waals surface area contributed by atoms with Crippen LogP contribution in [-0.2, 0) is 9.59 Å². The number of rotatable bonds is 9. The molecule has 6 nitrogen and oxygen atoms in total. The summed E-state index contributed by atoms with van der Waals surface area (Å²) >= 11 is 0. The van der Waals surface area contributed by atoms with Crippen LogP contribution in [0.3, 0.4) is 0 Å². The first-order valence-corrected chi connectivity index (χ1v) is 8.04. The van der Waals surface area contributed by atoms with E-state index in [4.69, 9.17) is 9.90 Å². The van der Waals surface area contributed by atoms with Crippen LogP contribution in [0, 0.1) is 0 Å². The molecule has 3 N–H and O–H groups in total. The molecule has 1 atom stereocenters. The van der Waals surface area contributed by atoms with Gasteiger partial charge in [0.25, 0.3) is 6.47 Å². The number of hydrogen-bond donors (Lipinski definition) is 3. The summed E-state index contributed by atoms with van der Waals surface area (Å²) in [5.74, 6) is 0.167. The Morgan fingerprint density at radius 3 is 2.38 bits per heavy atom. The number of likely N-dealkylation sites (N-methyl/N-ethyl adjacent to an activating group) is 1. The van der Waals surface area contributed by atoms with Crippen molar-refractivity contribution in [1.29, 1.82) is 0 Å². The molecule has 0 saturated carbocycles. The largest absolute Gasteiger partial charge is 0.483 e. The number of carbonyl (C=O) groups is 2. The maximum Gasteiger partial charge on any atom is 0.290 e. The molecular formula is C18H32N2O4. The highest BCUT2D eigenvalue weighted by molar-refractivity contribution is 5.75. The van der Waals surface area contributed by atoms with Crippen molar-refractivity contribution in [2.24, 2.45) is 0 Å². The molecule has 0 aliphatic carbocycles. The van der Waals surface area contributed by atoms with Crippen molar-refractivity contribution in [2.75, 3.05) is 20.6 Å². The lowest BCUT2D eigenvalue weighted by molar-refractivity contribution is -0.128. The number of nitrogens with zero attached hydrogens (tertiary/aromatic N) is 1. The third-order valence-corrected chi connectivity index (χ3v) is 3.08. The second kappa shape index (κ2) is 16.0. The summed E-state index contributed by atoms with van der Waals surface area (Å²) in [5, 5.41) is 19.8. The monoisotopic (exact) mass is 340 g/mol. The predicted molar refractivity (Wildman–Crippen MR) is 97.6 cm³/mol. The molecule has 0 radical (unpaired) electrons. The molecule has 0 aromatic heterocycles. The van der Waals surface area contributed by atoms with Gasteiger partial charge in [0.05, 0.1) is 0 Å². The fraction of sp³-hybridized carbons (Fsp3) is 0.556. The normalized spacial score (nSPS) is 13.2. The van der Waals surface area contributed by atoms with Crippen LogP contribution in [0.4, 0.5) is 0 Å². The summed E-state index contributed by atoms with van der Waals surface area (Å²) in [6.45, 7) is 6.35. The van der Waals surface area contributed by atoms with Gasteiger partial charge in [-0.25, -0.2) is 0 Å². The van der Waals surface area contributed by atoms with Crippen molar-refractivity contribution in [3.8, 4) is 0 Å². The van der Waals surface area contributed by atoms with Crippen molar-refractivity contribution in [2.45, 2.75) is 46.3 Å². The minimum atomic E-state index is -0.624. The molecule has 0 fully saturated rings. The first-order chi connectivity index (χ1) is 11.3. The van der Waals surface area contributed by atoms with Crippen LogP contribution >= 0.6 is 0 Å². The van der Waals surface area contributed by atoms with E-state index in [1.165, 1.54) is 0 Å². The number of carboxylic acid groups (broad SMARTS) is 1. The highest BCUT2D eigenvalue weighted by Crippen LogP contribution is 2.08. The zero-order valence-corrected chi connectivity index (χ0v) is 15.5. The Balaban J connectivity index is 0. The van der Waals surface area contributed by atoms with E-state index in [-0.39, 0.29) is 12.4 Å². The van der Waals surface area contributed by atoms with E-state index in [0.29, 0.717) is 6.42 Å². The molecule has 0 rings (SSSR count). The first kappa shape index (κ1) is 24.3. The molecule has 0 aromatic carbocycles. The Morgan fingerprint density at radius 1 is 1.33 bits per heavy atom. The number of aliphatic hydroxyl groups is 1. The number of hydrogen-bond acceptors (Lipinski definition) is 4. The van der Waals surface area contributed by atoms with Gasteiger partial charge in [-0.05, 0) is 38.8 Å². The predicted octanol–water partition coefficient (Wildman–Crippen LogP) is 2.32. The number of allylic oxidation sites excluding steroid dienone is 4. The van der Waals surface area contributed by atoms with Crippen molar-refractivity contribution < 1.29 is 19.8 Å². The average Bonchev–Trinajstić information content (AvgIpc) is 2.52. The summed E-state index contributed by atoms with van der Waals surface area (Å²) < 4.78 is 0. The number of unbranched alkanes of at least 4 members (excludes halogenated alkanes) is 1. The molecule has 0 spiro atoms. The third-order valence-electron chi connectivity index (χ3n) is 3.08. The number of carbonyl (C=O) groups excluding carboxylic acids is 1. The van der Waals surface area contributed by atoms with Gasteiger partial charge < -0.3 is 15.1 Å². The Morgan fingerprint density at radius 2 is 1.92 bits per heavy atom. The summed E-state index contributed by atoms with van der Waals surface area (Å²) in [6.07, 6.45) is 9.67. The van der Waals surface area contributed by atoms with Crippen LogP contribution in [0.15, 0.2) is 35.5 Å². The molecule has 1 unspecified atom stereocenters. The minimum Gasteiger partial charge on any atom is -0.483 e. The molecule has 0 heterocycles. The van der Waals surface area contributed by atoms with Crippen molar-refractivity contribution in [3.05, 3.63) is 35.5 Å². The molecule has 0 aliphatic rings. The van der Waals surface area contributed by atoms with Crippen LogP contribution in [-0.4, -0.2) is 54.4 Å². The fourth-order valence-electron chi connectivity index (χ4n) is 1.81. The van der Waals surface area contributed by atoms with Crippen molar-refractivity contribution in [3.63, 3.8) is 0 Å². The summed E-state index contributed by atoms with van der Waals surface area (Å²) in [5.41, 5.74) is 1.95. The lowest BCUT2D eigenvalue weighted by Crippen LogP contribution is -2.29. The SMILES string of the molecule is C\C=C(/C=C(C)/C=C\CCCC(=O)N(C)C)C(O)NCC.O=CO. The molecule has 0 bridgehead atoms. The first-order valence-electron chi connectivity index (χ1n) is 8.04. The van der Waals surface area contributed by atoms with Gasteiger partial charge in [0.15, 0.2) is 0 Å². The van der Waals surface area contributed by atoms with Crippen LogP contribution in [0.5, 0.6) is 0 Å². The van der Waals surface area contributed by atoms with Crippen LogP contribution in [0.2, 0.25) is 0 Å². The van der Waals surface area contributed by atoms with E-state index >= 15 is 0 Å². The minimum absolute atomic E-state index is 0.167. The van der Waals surface area contributed by atoms with Crippen LogP contribution in [0.1, 0.15) is 40.0 Å². The Bertz CT molecular complexity index is 440. The Hall–Kier alpha value is -1.92. The smallest absolute Gasteiger partial charge is 0.290 e. The summed E-state index contributed by atoms with van der Waals surface area (Å²) in [4.78, 5) is 21.4. The fourth-order valence-corrected chi connectivity index (χ4v) is 1.81. The van der Waals surface area contributed by atoms with E-state index in [9.17, 15) is 9.90 Å². The summed E-state index contributed by atoms with van der Waals surface area (Å²) in [6, 6.07) is 0. The van der Waals surface area contributed by atoms with Gasteiger partial charge in [-0.1, -0.05) is 36.8 Å². The number of nitrogens with one attached hydrogen (secondary N) is 1. The maximum atomic E-state index is 11.4. The third kappa shape index (κ3) is 13.7. The average molecular weight is 340 g/mol. The van der Waals surface area contributed by atoms with Crippen molar-refractivity contribution >= 4 is 12.4 Å². The van der Waals surface area contributed by atoms with Gasteiger partial charge in [-0.2, -0.15) is 0 Å². The van der Waals surface area contributed by atoms with Gasteiger partial charge in [0.1, 0.15) is 6.23 Å². The number of amides is 1. The molecule has 6 heteroatoms. The van der Waals surface area contributed by atoms with E-state index in [1.54, 1.807) is 19.0 Å². The van der Waals surface area contributed by atoms with Gasteiger partial charge >= 0.3 is 0 Å². The quantitative estimate of drug-likeness (QED) is 0.259. The van der Waals surface area contributed by atoms with Gasteiger partial charge in [0.2, 0.25) is 5.91 Å². The van der Waals surface area contributed by atoms with Crippen LogP contribution in [0.25, 0.3) is 0 Å². The van der Waals surface area contributed by atoms with E-state index in [0.717, 1.165) is 30.5 Å². The van der Waals surface area contributed by atoms with Crippen molar-refractivity contribution in [1.82, 2.24) is 10.2 Å². The van der Waals surface area contributed by atoms with E-state index in [2.05, 4.69) is 11.4 Å². The number of aliphatic hydroxyl groups excluding tert-OH is 1. The van der Waals surface area contributed by atoms with Gasteiger partial charge in [0, 0.05) is 20.5 Å². The second-order valence-electron chi connectivity index (χ2n) is 5.33. The Kier molecular flexibility index (Phi) is 16.2. The highest BCUT2D eigenvalue weighted by Gasteiger charge is 2.05. The van der Waals surface area contributed by atoms with E-state index in [1.807, 2.05) is 39.0 Å². The highest BCUT2D eigenvalue weighted by atomic mass is 16.3. The molecule has 0 aromatic rings. The molecular weight excluding hydrogens is 308 g/mol.